The van der Waals surface area contributed by atoms with Crippen LogP contribution in [0.2, 0.25) is 0 Å². The highest BCUT2D eigenvalue weighted by Crippen LogP contribution is 2.47. The zero-order chi connectivity index (χ0) is 69.0. The Bertz CT molecular complexity index is 3790. The molecule has 27 nitrogen and oxygen atoms in total. The average Bonchev–Trinajstić information content (AvgIpc) is 1.76. The van der Waals surface area contributed by atoms with Gasteiger partial charge in [0.25, 0.3) is 17.7 Å². The molecule has 1 saturated carbocycles. The van der Waals surface area contributed by atoms with Crippen molar-refractivity contribution in [2.45, 2.75) is 117 Å². The molecule has 0 saturated heterocycles. The van der Waals surface area contributed by atoms with E-state index in [2.05, 4.69) is 45.4 Å². The first kappa shape index (κ1) is 71.6. The van der Waals surface area contributed by atoms with Crippen LogP contribution >= 0.6 is 11.3 Å². The van der Waals surface area contributed by atoms with Gasteiger partial charge < -0.3 is 60.9 Å². The lowest BCUT2D eigenvalue weighted by Gasteiger charge is -2.31. The quantitative estimate of drug-likeness (QED) is 0.0151. The van der Waals surface area contributed by atoms with Crippen molar-refractivity contribution in [1.82, 2.24) is 45.5 Å². The summed E-state index contributed by atoms with van der Waals surface area (Å²) >= 11 is 1.42. The fourth-order valence-electron chi connectivity index (χ4n) is 12.3. The number of para-hydroxylation sites is 1. The van der Waals surface area contributed by atoms with E-state index >= 15 is 0 Å². The monoisotopic (exact) mass is 1350 g/mol. The third-order valence-corrected chi connectivity index (χ3v) is 18.7. The number of urea groups is 1. The van der Waals surface area contributed by atoms with Crippen LogP contribution in [0.4, 0.5) is 26.2 Å². The molecule has 97 heavy (non-hydrogen) atoms. The highest BCUT2D eigenvalue weighted by molar-refractivity contribution is 7.22. The van der Waals surface area contributed by atoms with Crippen LogP contribution in [0, 0.1) is 18.3 Å². The Balaban J connectivity index is 0.647. The molecule has 5 heterocycles. The van der Waals surface area contributed by atoms with Crippen molar-refractivity contribution in [2.24, 2.45) is 17.1 Å². The number of carbonyl (C=O) groups is 9. The topological polar surface area (TPSA) is 350 Å². The lowest BCUT2D eigenvalue weighted by Crippen LogP contribution is -2.47. The number of fused-ring (bicyclic) bond motifs is 2. The van der Waals surface area contributed by atoms with Gasteiger partial charge in [-0.1, -0.05) is 68.0 Å². The molecule has 0 bridgehead atoms. The number of amides is 9. The van der Waals surface area contributed by atoms with E-state index in [9.17, 15) is 48.3 Å². The van der Waals surface area contributed by atoms with Crippen molar-refractivity contribution in [3.05, 3.63) is 131 Å². The van der Waals surface area contributed by atoms with Gasteiger partial charge in [-0.2, -0.15) is 5.10 Å². The zero-order valence-corrected chi connectivity index (χ0v) is 55.9. The molecule has 3 aromatic carbocycles. The van der Waals surface area contributed by atoms with E-state index in [4.69, 9.17) is 34.8 Å². The summed E-state index contributed by atoms with van der Waals surface area (Å²) in [6.07, 6.45) is 9.07. The number of primary amides is 1. The number of carbonyl (C=O) groups excluding carboxylic acids is 8. The third kappa shape index (κ3) is 19.8. The largest absolute Gasteiger partial charge is 0.476 e. The number of ether oxygens (including phenoxy) is 4. The van der Waals surface area contributed by atoms with E-state index in [1.165, 1.54) is 28.4 Å². The van der Waals surface area contributed by atoms with Crippen LogP contribution in [0.15, 0.2) is 97.2 Å². The molecule has 4 atom stereocenters. The van der Waals surface area contributed by atoms with Gasteiger partial charge in [-0.25, -0.2) is 24.4 Å². The van der Waals surface area contributed by atoms with E-state index in [1.807, 2.05) is 65.0 Å². The van der Waals surface area contributed by atoms with Crippen molar-refractivity contribution in [3.8, 4) is 11.1 Å². The number of aromatic nitrogens is 4. The van der Waals surface area contributed by atoms with E-state index < -0.39 is 35.9 Å². The number of carboxylic acid groups (broad SMARTS) is 1. The number of nitrogens with zero attached hydrogens (tertiary/aromatic N) is 7. The summed E-state index contributed by atoms with van der Waals surface area (Å²) in [4.78, 5) is 127. The van der Waals surface area contributed by atoms with Crippen LogP contribution in [0.5, 0.6) is 0 Å². The van der Waals surface area contributed by atoms with E-state index in [0.29, 0.717) is 117 Å². The molecule has 3 aromatic heterocycles. The number of imide groups is 1. The van der Waals surface area contributed by atoms with Crippen molar-refractivity contribution >= 4 is 91.7 Å². The number of aromatic carboxylic acids is 1. The second-order valence-corrected chi connectivity index (χ2v) is 25.6. The number of anilines is 3. The van der Waals surface area contributed by atoms with Crippen LogP contribution in [-0.4, -0.2) is 173 Å². The van der Waals surface area contributed by atoms with Gasteiger partial charge in [-0.15, -0.1) is 0 Å². The predicted molar refractivity (Wildman–Crippen MR) is 362 cm³/mol. The molecule has 3 aliphatic rings. The Labute approximate surface area is 566 Å². The molecule has 6 aromatic rings. The van der Waals surface area contributed by atoms with Gasteiger partial charge >= 0.3 is 18.1 Å². The number of likely N-dealkylation sites (N-methyl/N-ethyl adjacent to an activating group) is 1. The molecule has 516 valence electrons. The van der Waals surface area contributed by atoms with Crippen LogP contribution < -0.4 is 37.2 Å². The fraction of sp³-hybridized carbons (Fsp3) is 0.449. The van der Waals surface area contributed by atoms with Crippen LogP contribution in [0.1, 0.15) is 115 Å². The number of pyridine rings is 1. The predicted octanol–water partition coefficient (Wildman–Crippen LogP) is 7.36. The number of nitrogens with one attached hydrogen (secondary N) is 5. The Kier molecular flexibility index (Phi) is 25.4. The smallest absolute Gasteiger partial charge is 0.409 e. The molecule has 28 heteroatoms. The summed E-state index contributed by atoms with van der Waals surface area (Å²) in [5, 5.41) is 29.3. The van der Waals surface area contributed by atoms with Gasteiger partial charge in [0.2, 0.25) is 17.7 Å². The number of unbranched alkanes of at least 4 members (excludes halogenated alkanes) is 2. The van der Waals surface area contributed by atoms with Gasteiger partial charge in [0, 0.05) is 93.0 Å². The number of carboxylic acids is 1. The number of benzene rings is 3. The molecule has 0 radical (unpaired) electrons. The number of hydrogen-bond donors (Lipinski definition) is 7. The maximum Gasteiger partial charge on any atom is 0.409 e. The molecule has 2 aliphatic heterocycles. The Hall–Kier alpha value is -9.64. The van der Waals surface area contributed by atoms with Gasteiger partial charge in [0.1, 0.15) is 18.5 Å². The van der Waals surface area contributed by atoms with Crippen molar-refractivity contribution in [3.63, 3.8) is 0 Å². The first-order chi connectivity index (χ1) is 46.8. The molecular weight excluding hydrogens is 1270 g/mol. The van der Waals surface area contributed by atoms with Gasteiger partial charge in [0.15, 0.2) is 10.8 Å². The third-order valence-electron chi connectivity index (χ3n) is 17.7. The van der Waals surface area contributed by atoms with Gasteiger partial charge in [-0.3, -0.25) is 43.7 Å². The standard InChI is InChI=1S/C69H85N13O14S/c1-5-69(43-82-45(3)51(39-73-82)49-23-24-57(77-62(49)65(89)90)80-30-27-47-13-11-14-50(52(47)41-80)63(87)78-67-76-53-15-8-9-17-56(53)97-67)37-44(2)55(38-69)95-36-35-94-34-33-93-32-31-79(4)68(92)96-42-46-19-21-48(22-20-46)74-64(88)54(16-12-28-71-66(70)91)75-59(84)40-72-58(83)18-7-6-10-29-81-60(85)25-26-61(81)86/h8-9,11,13-15,17,19-26,39,44,54-55H,5-7,10,12,16,18,27-38,40-43H2,1-4H3,(H,72,83)(H,74,88)(H,75,84)(H,89,90)(H3,70,71,91)(H,76,78,87). The number of nitrogens with two attached hydrogens (primary N) is 1. The normalized spacial score (nSPS) is 16.8. The summed E-state index contributed by atoms with van der Waals surface area (Å²) in [7, 11) is 1.60. The van der Waals surface area contributed by atoms with Crippen LogP contribution in [0.3, 0.4) is 0 Å². The number of thiazole rings is 1. The second-order valence-electron chi connectivity index (χ2n) is 24.6. The second kappa shape index (κ2) is 34.3. The van der Waals surface area contributed by atoms with E-state index in [-0.39, 0.29) is 99.0 Å². The molecule has 0 spiro atoms. The summed E-state index contributed by atoms with van der Waals surface area (Å²) in [6.45, 7) is 9.89. The van der Waals surface area contributed by atoms with Crippen LogP contribution in [-0.2, 0) is 69.0 Å². The summed E-state index contributed by atoms with van der Waals surface area (Å²) in [5.41, 5.74) is 11.3. The molecule has 4 unspecified atom stereocenters. The van der Waals surface area contributed by atoms with E-state index in [1.54, 1.807) is 43.6 Å². The molecule has 9 rings (SSSR count). The highest BCUT2D eigenvalue weighted by Gasteiger charge is 2.44. The van der Waals surface area contributed by atoms with Gasteiger partial charge in [0.05, 0.1) is 62.1 Å². The lowest BCUT2D eigenvalue weighted by molar-refractivity contribution is -0.137. The minimum Gasteiger partial charge on any atom is -0.476 e. The zero-order valence-electron chi connectivity index (χ0n) is 55.1. The Morgan fingerprint density at radius 3 is 2.35 bits per heavy atom. The SMILES string of the molecule is CCC1(Cn2ncc(-c3ccc(N4CCc5cccc(C(=O)Nc6nc7ccccc7s6)c5C4)nc3C(=O)O)c2C)CC(C)C(OCCOCCOCCN(C)C(=O)OCc2ccc(NC(=O)C(CCCNC(N)=O)NC(=O)CNC(=O)CCCCCN3C(=O)C=CC3=O)cc2)C1. The molecular formula is C69H85N13O14S. The Morgan fingerprint density at radius 1 is 0.835 bits per heavy atom. The van der Waals surface area contributed by atoms with Gasteiger partial charge in [-0.05, 0) is 129 Å². The summed E-state index contributed by atoms with van der Waals surface area (Å²) in [5.74, 6) is -2.86. The fourth-order valence-corrected chi connectivity index (χ4v) is 13.1. The minimum atomic E-state index is -1.15. The summed E-state index contributed by atoms with van der Waals surface area (Å²) < 4.78 is 26.4. The first-order valence-corrected chi connectivity index (χ1v) is 33.6. The van der Waals surface area contributed by atoms with Crippen molar-refractivity contribution in [2.75, 3.05) is 88.3 Å². The first-order valence-electron chi connectivity index (χ1n) is 32.7. The van der Waals surface area contributed by atoms with Crippen LogP contribution in [0.25, 0.3) is 21.3 Å². The summed E-state index contributed by atoms with van der Waals surface area (Å²) in [6, 6.07) is 21.9. The molecule has 1 fully saturated rings. The number of rotatable bonds is 35. The molecule has 8 N–H and O–H groups in total. The minimum absolute atomic E-state index is 0.0101. The molecule has 9 amide bonds. The highest BCUT2D eigenvalue weighted by atomic mass is 32.1. The van der Waals surface area contributed by atoms with E-state index in [0.717, 1.165) is 51.2 Å². The maximum atomic E-state index is 13.7. The maximum absolute atomic E-state index is 13.7. The van der Waals surface area contributed by atoms with Crippen molar-refractivity contribution in [1.29, 1.82) is 0 Å². The van der Waals surface area contributed by atoms with Crippen molar-refractivity contribution < 1.29 is 67.2 Å². The lowest BCUT2D eigenvalue weighted by atomic mass is 9.82. The number of hydrogen-bond acceptors (Lipinski definition) is 18. The average molecular weight is 1350 g/mol. The molecule has 1 aliphatic carbocycles. The Morgan fingerprint density at radius 2 is 1.60 bits per heavy atom.